The highest BCUT2D eigenvalue weighted by atomic mass is 16.7. The van der Waals surface area contributed by atoms with Gasteiger partial charge in [-0.25, -0.2) is 4.79 Å². The predicted octanol–water partition coefficient (Wildman–Crippen LogP) is 1.25. The first-order chi connectivity index (χ1) is 10.1. The van der Waals surface area contributed by atoms with Crippen molar-refractivity contribution >= 4 is 17.8 Å². The maximum Gasteiger partial charge on any atom is 0.365 e. The third kappa shape index (κ3) is 1.95. The minimum atomic E-state index is -0.901. The lowest BCUT2D eigenvalue weighted by atomic mass is 10.1. The molecular weight excluding hydrogens is 274 g/mol. The molecule has 0 saturated carbocycles. The second kappa shape index (κ2) is 4.61. The summed E-state index contributed by atoms with van der Waals surface area (Å²) < 4.78 is 0. The molecule has 0 unspecified atom stereocenters. The molecule has 0 spiro atoms. The Balaban J connectivity index is 1.84. The number of aromatic amines is 1. The summed E-state index contributed by atoms with van der Waals surface area (Å²) in [5.41, 5.74) is 0.580. The lowest BCUT2D eigenvalue weighted by molar-refractivity contribution is -0.0584. The zero-order valence-electron chi connectivity index (χ0n) is 10.5. The first kappa shape index (κ1) is 12.6. The van der Waals surface area contributed by atoms with Gasteiger partial charge in [-0.15, -0.1) is 0 Å². The van der Waals surface area contributed by atoms with Gasteiger partial charge in [-0.3, -0.25) is 9.59 Å². The van der Waals surface area contributed by atoms with Gasteiger partial charge in [0.25, 0.3) is 11.8 Å². The molecule has 1 aliphatic rings. The Morgan fingerprint density at radius 2 is 1.81 bits per heavy atom. The Hall–Kier alpha value is -3.40. The van der Waals surface area contributed by atoms with E-state index >= 15 is 0 Å². The number of amides is 2. The van der Waals surface area contributed by atoms with E-state index in [0.717, 1.165) is 0 Å². The van der Waals surface area contributed by atoms with Gasteiger partial charge < -0.3 is 9.82 Å². The second-order valence-corrected chi connectivity index (χ2v) is 4.24. The molecule has 7 heteroatoms. The molecule has 1 aromatic heterocycles. The number of imide groups is 1. The number of benzene rings is 1. The van der Waals surface area contributed by atoms with Crippen LogP contribution >= 0.6 is 0 Å². The molecule has 0 atom stereocenters. The van der Waals surface area contributed by atoms with Gasteiger partial charge in [0.2, 0.25) is 0 Å². The largest absolute Gasteiger partial charge is 0.365 e. The number of aromatic nitrogens is 1. The number of carbonyl (C=O) groups is 3. The molecule has 7 nitrogen and oxygen atoms in total. The summed E-state index contributed by atoms with van der Waals surface area (Å²) in [6, 6.07) is 9.26. The topological polar surface area (TPSA) is 103 Å². The van der Waals surface area contributed by atoms with Crippen LogP contribution in [0.25, 0.3) is 0 Å². The van der Waals surface area contributed by atoms with Crippen molar-refractivity contribution in [2.45, 2.75) is 0 Å². The summed E-state index contributed by atoms with van der Waals surface area (Å²) in [7, 11) is 0. The number of fused-ring (bicyclic) bond motifs is 1. The minimum absolute atomic E-state index is 0.0445. The monoisotopic (exact) mass is 281 g/mol. The zero-order chi connectivity index (χ0) is 15.0. The first-order valence-corrected chi connectivity index (χ1v) is 5.90. The van der Waals surface area contributed by atoms with E-state index in [9.17, 15) is 14.4 Å². The summed E-state index contributed by atoms with van der Waals surface area (Å²) in [5.74, 6) is -2.29. The maximum absolute atomic E-state index is 12.0. The fraction of sp³-hybridized carbons (Fsp3) is 0. The fourth-order valence-electron chi connectivity index (χ4n) is 1.96. The van der Waals surface area contributed by atoms with Gasteiger partial charge in [0, 0.05) is 6.20 Å². The van der Waals surface area contributed by atoms with Crippen LogP contribution in [0.1, 0.15) is 36.8 Å². The van der Waals surface area contributed by atoms with Crippen molar-refractivity contribution in [2.24, 2.45) is 0 Å². The molecule has 1 aromatic carbocycles. The molecule has 3 rings (SSSR count). The molecule has 2 amide bonds. The molecule has 0 bridgehead atoms. The zero-order valence-corrected chi connectivity index (χ0v) is 10.5. The Morgan fingerprint density at radius 1 is 1.19 bits per heavy atom. The van der Waals surface area contributed by atoms with Crippen LogP contribution in [0.2, 0.25) is 0 Å². The molecule has 1 aliphatic heterocycles. The van der Waals surface area contributed by atoms with E-state index in [0.29, 0.717) is 5.06 Å². The van der Waals surface area contributed by atoms with Crippen molar-refractivity contribution in [3.8, 4) is 6.07 Å². The van der Waals surface area contributed by atoms with E-state index in [-0.39, 0.29) is 22.4 Å². The SMILES string of the molecule is N#Cc1cc(C(=O)ON2C(=O)c3ccccc3C2=O)c[nH]1. The van der Waals surface area contributed by atoms with Crippen LogP contribution in [0.15, 0.2) is 36.5 Å². The van der Waals surface area contributed by atoms with Crippen molar-refractivity contribution in [1.82, 2.24) is 10.0 Å². The van der Waals surface area contributed by atoms with Crippen molar-refractivity contribution in [1.29, 1.82) is 5.26 Å². The number of H-pyrrole nitrogens is 1. The number of hydroxylamine groups is 2. The van der Waals surface area contributed by atoms with Crippen molar-refractivity contribution < 1.29 is 19.2 Å². The predicted molar refractivity (Wildman–Crippen MR) is 67.9 cm³/mol. The van der Waals surface area contributed by atoms with E-state index in [1.807, 2.05) is 6.07 Å². The van der Waals surface area contributed by atoms with Gasteiger partial charge in [0.05, 0.1) is 16.7 Å². The maximum atomic E-state index is 12.0. The Kier molecular flexibility index (Phi) is 2.77. The van der Waals surface area contributed by atoms with Gasteiger partial charge in [-0.05, 0) is 18.2 Å². The molecule has 0 saturated heterocycles. The first-order valence-electron chi connectivity index (χ1n) is 5.90. The molecule has 21 heavy (non-hydrogen) atoms. The summed E-state index contributed by atoms with van der Waals surface area (Å²) in [6.07, 6.45) is 1.26. The van der Waals surface area contributed by atoms with Gasteiger partial charge in [0.1, 0.15) is 11.8 Å². The Morgan fingerprint density at radius 3 is 2.33 bits per heavy atom. The number of nitrogens with one attached hydrogen (secondary N) is 1. The fourth-order valence-corrected chi connectivity index (χ4v) is 1.96. The highest BCUT2D eigenvalue weighted by Crippen LogP contribution is 2.23. The Bertz CT molecular complexity index is 781. The summed E-state index contributed by atoms with van der Waals surface area (Å²) in [5, 5.41) is 9.09. The van der Waals surface area contributed by atoms with Crippen LogP contribution in [0.3, 0.4) is 0 Å². The normalized spacial score (nSPS) is 13.0. The smallest absolute Gasteiger partial charge is 0.352 e. The Labute approximate surface area is 118 Å². The third-order valence-electron chi connectivity index (χ3n) is 2.97. The standard InChI is InChI=1S/C14H7N3O4/c15-6-9-5-8(7-16-9)14(20)21-17-12(18)10-3-1-2-4-11(10)13(17)19/h1-5,7,16H. The third-order valence-corrected chi connectivity index (χ3v) is 2.97. The summed E-state index contributed by atoms with van der Waals surface area (Å²) in [4.78, 5) is 43.3. The van der Waals surface area contributed by atoms with E-state index < -0.39 is 17.8 Å². The summed E-state index contributed by atoms with van der Waals surface area (Å²) >= 11 is 0. The quantitative estimate of drug-likeness (QED) is 0.834. The molecule has 0 radical (unpaired) electrons. The number of hydrogen-bond donors (Lipinski definition) is 1. The van der Waals surface area contributed by atoms with Crippen molar-refractivity contribution in [3.05, 3.63) is 58.9 Å². The van der Waals surface area contributed by atoms with Crippen LogP contribution < -0.4 is 0 Å². The average Bonchev–Trinajstić information content (AvgIpc) is 3.07. The second-order valence-electron chi connectivity index (χ2n) is 4.24. The number of nitriles is 1. The molecule has 0 fully saturated rings. The van der Waals surface area contributed by atoms with E-state index in [4.69, 9.17) is 10.1 Å². The molecule has 2 aromatic rings. The molecule has 1 N–H and O–H groups in total. The van der Waals surface area contributed by atoms with Crippen molar-refractivity contribution in [3.63, 3.8) is 0 Å². The molecule has 2 heterocycles. The minimum Gasteiger partial charge on any atom is -0.352 e. The van der Waals surface area contributed by atoms with Gasteiger partial charge in [-0.1, -0.05) is 17.2 Å². The lowest BCUT2D eigenvalue weighted by Gasteiger charge is -2.11. The van der Waals surface area contributed by atoms with Crippen molar-refractivity contribution in [2.75, 3.05) is 0 Å². The summed E-state index contributed by atoms with van der Waals surface area (Å²) in [6.45, 7) is 0. The molecule has 102 valence electrons. The van der Waals surface area contributed by atoms with Gasteiger partial charge in [0.15, 0.2) is 0 Å². The van der Waals surface area contributed by atoms with Crippen LogP contribution in [-0.4, -0.2) is 27.8 Å². The van der Waals surface area contributed by atoms with Crippen LogP contribution in [0.4, 0.5) is 0 Å². The number of carbonyl (C=O) groups excluding carboxylic acids is 3. The van der Waals surface area contributed by atoms with Gasteiger partial charge in [-0.2, -0.15) is 5.26 Å². The molecular formula is C14H7N3O4. The number of hydrogen-bond acceptors (Lipinski definition) is 5. The highest BCUT2D eigenvalue weighted by molar-refractivity contribution is 6.21. The van der Waals surface area contributed by atoms with Crippen LogP contribution in [0, 0.1) is 11.3 Å². The van der Waals surface area contributed by atoms with E-state index in [1.54, 1.807) is 12.1 Å². The van der Waals surface area contributed by atoms with Crippen LogP contribution in [0.5, 0.6) is 0 Å². The average molecular weight is 281 g/mol. The molecule has 0 aliphatic carbocycles. The highest BCUT2D eigenvalue weighted by Gasteiger charge is 2.38. The van der Waals surface area contributed by atoms with Crippen LogP contribution in [-0.2, 0) is 4.84 Å². The van der Waals surface area contributed by atoms with E-state index in [2.05, 4.69) is 4.98 Å². The number of nitrogens with zero attached hydrogens (tertiary/aromatic N) is 2. The van der Waals surface area contributed by atoms with Gasteiger partial charge >= 0.3 is 5.97 Å². The van der Waals surface area contributed by atoms with E-state index in [1.165, 1.54) is 24.4 Å². The number of rotatable bonds is 2. The lowest BCUT2D eigenvalue weighted by Crippen LogP contribution is -2.32.